The highest BCUT2D eigenvalue weighted by atomic mass is 16.3. The van der Waals surface area contributed by atoms with Gasteiger partial charge in [-0.15, -0.1) is 4.91 Å². The Labute approximate surface area is 168 Å². The number of amides is 2. The molecule has 1 fully saturated rings. The molecule has 1 aliphatic heterocycles. The Balaban J connectivity index is 1.40. The summed E-state index contributed by atoms with van der Waals surface area (Å²) < 4.78 is 0. The van der Waals surface area contributed by atoms with E-state index in [1.54, 1.807) is 24.3 Å². The molecule has 0 aromatic heterocycles. The van der Waals surface area contributed by atoms with E-state index in [0.29, 0.717) is 37.2 Å². The predicted molar refractivity (Wildman–Crippen MR) is 113 cm³/mol. The first-order valence-corrected chi connectivity index (χ1v) is 9.67. The molecule has 6 nitrogen and oxygen atoms in total. The Bertz CT molecular complexity index is 1070. The van der Waals surface area contributed by atoms with Gasteiger partial charge in [0.2, 0.25) is 5.91 Å². The van der Waals surface area contributed by atoms with Crippen LogP contribution in [0.5, 0.6) is 0 Å². The van der Waals surface area contributed by atoms with Crippen LogP contribution in [0.3, 0.4) is 0 Å². The number of nitroso groups, excluding NO2 is 1. The van der Waals surface area contributed by atoms with Crippen LogP contribution in [-0.4, -0.2) is 29.8 Å². The van der Waals surface area contributed by atoms with E-state index in [2.05, 4.69) is 10.5 Å². The van der Waals surface area contributed by atoms with Crippen LogP contribution >= 0.6 is 0 Å². The highest BCUT2D eigenvalue weighted by Gasteiger charge is 2.28. The molecule has 2 amide bonds. The molecule has 1 saturated heterocycles. The average Bonchev–Trinajstić information content (AvgIpc) is 2.78. The second-order valence-electron chi connectivity index (χ2n) is 7.22. The van der Waals surface area contributed by atoms with Crippen molar-refractivity contribution in [2.45, 2.75) is 12.8 Å². The molecule has 3 aromatic carbocycles. The SMILES string of the molecule is O=Nc1cccc(NC(=O)C2CCN(C(=O)c3cccc4ccccc34)CC2)c1. The van der Waals surface area contributed by atoms with Gasteiger partial charge >= 0.3 is 0 Å². The van der Waals surface area contributed by atoms with Gasteiger partial charge in [0.25, 0.3) is 5.91 Å². The first-order valence-electron chi connectivity index (χ1n) is 9.67. The van der Waals surface area contributed by atoms with Crippen molar-refractivity contribution in [3.63, 3.8) is 0 Å². The van der Waals surface area contributed by atoms with Crippen molar-refractivity contribution in [3.8, 4) is 0 Å². The number of anilines is 1. The summed E-state index contributed by atoms with van der Waals surface area (Å²) in [6.45, 7) is 1.08. The van der Waals surface area contributed by atoms with Gasteiger partial charge in [-0.05, 0) is 53.1 Å². The smallest absolute Gasteiger partial charge is 0.254 e. The lowest BCUT2D eigenvalue weighted by molar-refractivity contribution is -0.121. The minimum absolute atomic E-state index is 0.00502. The number of nitrogens with one attached hydrogen (secondary N) is 1. The fourth-order valence-electron chi connectivity index (χ4n) is 3.81. The van der Waals surface area contributed by atoms with Crippen molar-refractivity contribution in [3.05, 3.63) is 77.2 Å². The van der Waals surface area contributed by atoms with Gasteiger partial charge < -0.3 is 10.2 Å². The summed E-state index contributed by atoms with van der Waals surface area (Å²) in [4.78, 5) is 38.1. The van der Waals surface area contributed by atoms with Crippen LogP contribution in [0, 0.1) is 10.8 Å². The van der Waals surface area contributed by atoms with Crippen molar-refractivity contribution in [2.75, 3.05) is 18.4 Å². The first kappa shape index (κ1) is 18.8. The van der Waals surface area contributed by atoms with E-state index in [-0.39, 0.29) is 23.4 Å². The van der Waals surface area contributed by atoms with Crippen molar-refractivity contribution >= 4 is 34.0 Å². The number of likely N-dealkylation sites (tertiary alicyclic amines) is 1. The van der Waals surface area contributed by atoms with E-state index in [9.17, 15) is 14.5 Å². The zero-order valence-corrected chi connectivity index (χ0v) is 15.9. The molecule has 4 rings (SSSR count). The number of piperidine rings is 1. The summed E-state index contributed by atoms with van der Waals surface area (Å²) in [6, 6.07) is 20.1. The summed E-state index contributed by atoms with van der Waals surface area (Å²) in [7, 11) is 0. The Morgan fingerprint density at radius 3 is 2.45 bits per heavy atom. The van der Waals surface area contributed by atoms with Crippen LogP contribution in [-0.2, 0) is 4.79 Å². The van der Waals surface area contributed by atoms with Crippen LogP contribution in [0.15, 0.2) is 71.9 Å². The van der Waals surface area contributed by atoms with E-state index in [4.69, 9.17) is 0 Å². The highest BCUT2D eigenvalue weighted by molar-refractivity contribution is 6.07. The van der Waals surface area contributed by atoms with Gasteiger partial charge in [0.15, 0.2) is 0 Å². The molecule has 0 atom stereocenters. The molecule has 0 spiro atoms. The standard InChI is InChI=1S/C23H21N3O3/c27-22(24-18-7-4-8-19(15-18)25-29)17-11-13-26(14-12-17)23(28)21-10-3-6-16-5-1-2-9-20(16)21/h1-10,15,17H,11-14H2,(H,24,27). The first-order chi connectivity index (χ1) is 14.2. The molecular formula is C23H21N3O3. The lowest BCUT2D eigenvalue weighted by Gasteiger charge is -2.31. The van der Waals surface area contributed by atoms with E-state index in [1.807, 2.05) is 47.4 Å². The summed E-state index contributed by atoms with van der Waals surface area (Å²) in [5.74, 6) is -0.255. The monoisotopic (exact) mass is 387 g/mol. The van der Waals surface area contributed by atoms with Crippen molar-refractivity contribution in [2.24, 2.45) is 11.1 Å². The van der Waals surface area contributed by atoms with Crippen LogP contribution < -0.4 is 5.32 Å². The molecule has 0 unspecified atom stereocenters. The molecule has 6 heteroatoms. The predicted octanol–water partition coefficient (Wildman–Crippen LogP) is 4.73. The van der Waals surface area contributed by atoms with E-state index < -0.39 is 0 Å². The summed E-state index contributed by atoms with van der Waals surface area (Å²) in [5, 5.41) is 7.72. The molecule has 146 valence electrons. The lowest BCUT2D eigenvalue weighted by atomic mass is 9.94. The van der Waals surface area contributed by atoms with Gasteiger partial charge in [-0.2, -0.15) is 0 Å². The Morgan fingerprint density at radius 2 is 1.66 bits per heavy atom. The number of carbonyl (C=O) groups is 2. The van der Waals surface area contributed by atoms with Gasteiger partial charge in [-0.1, -0.05) is 42.5 Å². The highest BCUT2D eigenvalue weighted by Crippen LogP contribution is 2.25. The van der Waals surface area contributed by atoms with E-state index in [0.717, 1.165) is 10.8 Å². The van der Waals surface area contributed by atoms with Crippen LogP contribution in [0.4, 0.5) is 11.4 Å². The normalized spacial score (nSPS) is 14.6. The minimum atomic E-state index is -0.167. The fraction of sp³-hybridized carbons (Fsp3) is 0.217. The minimum Gasteiger partial charge on any atom is -0.339 e. The van der Waals surface area contributed by atoms with Crippen molar-refractivity contribution < 1.29 is 9.59 Å². The number of carbonyl (C=O) groups excluding carboxylic acids is 2. The maximum Gasteiger partial charge on any atom is 0.254 e. The molecule has 0 aliphatic carbocycles. The Hall–Kier alpha value is -3.54. The number of hydrogen-bond acceptors (Lipinski definition) is 4. The van der Waals surface area contributed by atoms with Crippen molar-refractivity contribution in [1.82, 2.24) is 4.90 Å². The van der Waals surface area contributed by atoms with Gasteiger partial charge in [-0.3, -0.25) is 9.59 Å². The largest absolute Gasteiger partial charge is 0.339 e. The third-order valence-electron chi connectivity index (χ3n) is 5.39. The summed E-state index contributed by atoms with van der Waals surface area (Å²) in [6.07, 6.45) is 1.21. The molecule has 1 aliphatic rings. The van der Waals surface area contributed by atoms with Crippen molar-refractivity contribution in [1.29, 1.82) is 0 Å². The molecule has 1 N–H and O–H groups in total. The number of rotatable bonds is 4. The molecule has 29 heavy (non-hydrogen) atoms. The quantitative estimate of drug-likeness (QED) is 0.658. The van der Waals surface area contributed by atoms with Crippen LogP contribution in [0.2, 0.25) is 0 Å². The van der Waals surface area contributed by atoms with Gasteiger partial charge in [-0.25, -0.2) is 0 Å². The lowest BCUT2D eigenvalue weighted by Crippen LogP contribution is -2.41. The van der Waals surface area contributed by atoms with E-state index in [1.165, 1.54) is 0 Å². The third-order valence-corrected chi connectivity index (χ3v) is 5.39. The van der Waals surface area contributed by atoms with Gasteiger partial charge in [0.1, 0.15) is 5.69 Å². The molecular weight excluding hydrogens is 366 g/mol. The Kier molecular flexibility index (Phi) is 5.33. The zero-order chi connectivity index (χ0) is 20.2. The molecule has 3 aromatic rings. The zero-order valence-electron chi connectivity index (χ0n) is 15.9. The molecule has 0 radical (unpaired) electrons. The van der Waals surface area contributed by atoms with E-state index >= 15 is 0 Å². The Morgan fingerprint density at radius 1 is 0.931 bits per heavy atom. The molecule has 0 saturated carbocycles. The van der Waals surface area contributed by atoms with Gasteiger partial charge in [0.05, 0.1) is 0 Å². The number of nitrogens with zero attached hydrogens (tertiary/aromatic N) is 2. The van der Waals surface area contributed by atoms with Crippen LogP contribution in [0.1, 0.15) is 23.2 Å². The summed E-state index contributed by atoms with van der Waals surface area (Å²) >= 11 is 0. The molecule has 0 bridgehead atoms. The maximum atomic E-state index is 13.0. The molecule has 1 heterocycles. The fourth-order valence-corrected chi connectivity index (χ4v) is 3.81. The number of hydrogen-bond donors (Lipinski definition) is 1. The topological polar surface area (TPSA) is 78.8 Å². The number of fused-ring (bicyclic) bond motifs is 1. The van der Waals surface area contributed by atoms with Crippen LogP contribution in [0.25, 0.3) is 10.8 Å². The van der Waals surface area contributed by atoms with Gasteiger partial charge in [0, 0.05) is 30.3 Å². The summed E-state index contributed by atoms with van der Waals surface area (Å²) in [5.41, 5.74) is 1.53. The second-order valence-corrected chi connectivity index (χ2v) is 7.22. The maximum absolute atomic E-state index is 13.0. The number of benzene rings is 3. The third kappa shape index (κ3) is 4.01. The average molecular weight is 387 g/mol. The second kappa shape index (κ2) is 8.22.